The second kappa shape index (κ2) is 8.31. The maximum atomic E-state index is 12.1. The molecule has 0 radical (unpaired) electrons. The van der Waals surface area contributed by atoms with E-state index in [0.29, 0.717) is 18.6 Å². The van der Waals surface area contributed by atoms with Crippen molar-refractivity contribution in [1.82, 2.24) is 0 Å². The van der Waals surface area contributed by atoms with Crippen molar-refractivity contribution in [1.29, 1.82) is 0 Å². The fraction of sp³-hybridized carbons (Fsp3) is 0.684. The number of carbonyl (C=O) groups is 2. The monoisotopic (exact) mass is 290 g/mol. The molecule has 0 heterocycles. The van der Waals surface area contributed by atoms with Crippen LogP contribution in [-0.2, 0) is 9.59 Å². The van der Waals surface area contributed by atoms with Gasteiger partial charge < -0.3 is 0 Å². The number of hydrogen-bond acceptors (Lipinski definition) is 2. The van der Waals surface area contributed by atoms with E-state index in [0.717, 1.165) is 37.7 Å². The second-order valence-corrected chi connectivity index (χ2v) is 7.19. The zero-order valence-electron chi connectivity index (χ0n) is 14.1. The first kappa shape index (κ1) is 17.9. The Labute approximate surface area is 129 Å². The summed E-state index contributed by atoms with van der Waals surface area (Å²) in [6.45, 7) is 8.30. The molecule has 0 unspecified atom stereocenters. The van der Waals surface area contributed by atoms with E-state index < -0.39 is 0 Å². The van der Waals surface area contributed by atoms with Crippen LogP contribution in [0.1, 0.15) is 72.6 Å². The van der Waals surface area contributed by atoms with E-state index in [4.69, 9.17) is 0 Å². The summed E-state index contributed by atoms with van der Waals surface area (Å²) in [5.74, 6) is 0.668. The predicted molar refractivity (Wildman–Crippen MR) is 88.2 cm³/mol. The van der Waals surface area contributed by atoms with E-state index in [1.807, 2.05) is 19.9 Å². The van der Waals surface area contributed by atoms with E-state index in [1.165, 1.54) is 0 Å². The lowest BCUT2D eigenvalue weighted by atomic mass is 9.86. The van der Waals surface area contributed by atoms with Gasteiger partial charge in [0.15, 0.2) is 5.78 Å². The molecular weight excluding hydrogens is 260 g/mol. The van der Waals surface area contributed by atoms with Crippen molar-refractivity contribution in [3.8, 4) is 0 Å². The first-order valence-electron chi connectivity index (χ1n) is 8.20. The van der Waals surface area contributed by atoms with Gasteiger partial charge in [-0.2, -0.15) is 0 Å². The first-order chi connectivity index (χ1) is 9.80. The zero-order valence-corrected chi connectivity index (χ0v) is 14.1. The van der Waals surface area contributed by atoms with Crippen LogP contribution in [0.2, 0.25) is 0 Å². The van der Waals surface area contributed by atoms with E-state index in [-0.39, 0.29) is 17.1 Å². The highest BCUT2D eigenvalue weighted by Crippen LogP contribution is 2.25. The number of Topliss-reactive ketones (excluding diaryl/α,β-unsaturated/α-hetero) is 1. The van der Waals surface area contributed by atoms with Gasteiger partial charge in [-0.15, -0.1) is 0 Å². The maximum Gasteiger partial charge on any atom is 0.158 e. The lowest BCUT2D eigenvalue weighted by molar-refractivity contribution is -0.119. The highest BCUT2D eigenvalue weighted by molar-refractivity contribution is 5.91. The molecule has 0 amide bonds. The van der Waals surface area contributed by atoms with Crippen LogP contribution >= 0.6 is 0 Å². The Kier molecular flexibility index (Phi) is 7.07. The molecule has 0 aliphatic heterocycles. The summed E-state index contributed by atoms with van der Waals surface area (Å²) in [4.78, 5) is 24.0. The lowest BCUT2D eigenvalue weighted by Gasteiger charge is -2.18. The van der Waals surface area contributed by atoms with Crippen molar-refractivity contribution in [2.75, 3.05) is 0 Å². The Morgan fingerprint density at radius 2 is 1.86 bits per heavy atom. The first-order valence-corrected chi connectivity index (χ1v) is 8.20. The fourth-order valence-electron chi connectivity index (χ4n) is 2.54. The molecule has 21 heavy (non-hydrogen) atoms. The third kappa shape index (κ3) is 7.40. The molecule has 0 aromatic rings. The minimum atomic E-state index is -0.0418. The SMILES string of the molecule is C/C1=C\CC(C)(C)/C=C/C(=O)[C@@H](C)CCCCCC(=O)C1. The highest BCUT2D eigenvalue weighted by atomic mass is 16.1. The van der Waals surface area contributed by atoms with Crippen molar-refractivity contribution in [3.63, 3.8) is 0 Å². The van der Waals surface area contributed by atoms with E-state index in [9.17, 15) is 9.59 Å². The summed E-state index contributed by atoms with van der Waals surface area (Å²) in [6.07, 6.45) is 12.0. The van der Waals surface area contributed by atoms with Gasteiger partial charge in [0, 0.05) is 18.8 Å². The number of allylic oxidation sites excluding steroid dienone is 4. The molecule has 0 bridgehead atoms. The Morgan fingerprint density at radius 1 is 1.14 bits per heavy atom. The summed E-state index contributed by atoms with van der Waals surface area (Å²) in [7, 11) is 0. The van der Waals surface area contributed by atoms with Crippen LogP contribution < -0.4 is 0 Å². The molecule has 2 heteroatoms. The summed E-state index contributed by atoms with van der Waals surface area (Å²) in [5, 5.41) is 0. The van der Waals surface area contributed by atoms with Crippen LogP contribution in [0.25, 0.3) is 0 Å². The largest absolute Gasteiger partial charge is 0.299 e. The summed E-state index contributed by atoms with van der Waals surface area (Å²) >= 11 is 0. The van der Waals surface area contributed by atoms with Crippen molar-refractivity contribution in [2.45, 2.75) is 72.6 Å². The van der Waals surface area contributed by atoms with Crippen LogP contribution in [0, 0.1) is 11.3 Å². The third-order valence-electron chi connectivity index (χ3n) is 4.23. The Morgan fingerprint density at radius 3 is 2.57 bits per heavy atom. The van der Waals surface area contributed by atoms with Crippen LogP contribution in [0.15, 0.2) is 23.8 Å². The van der Waals surface area contributed by atoms with Crippen LogP contribution in [0.4, 0.5) is 0 Å². The van der Waals surface area contributed by atoms with Gasteiger partial charge in [-0.1, -0.05) is 51.3 Å². The van der Waals surface area contributed by atoms with E-state index in [1.54, 1.807) is 6.08 Å². The summed E-state index contributed by atoms with van der Waals surface area (Å²) in [5.41, 5.74) is 1.11. The molecule has 0 aromatic carbocycles. The van der Waals surface area contributed by atoms with Gasteiger partial charge in [0.2, 0.25) is 0 Å². The summed E-state index contributed by atoms with van der Waals surface area (Å²) < 4.78 is 0. The van der Waals surface area contributed by atoms with Crippen molar-refractivity contribution in [2.24, 2.45) is 11.3 Å². The van der Waals surface area contributed by atoms with Gasteiger partial charge in [0.25, 0.3) is 0 Å². The van der Waals surface area contributed by atoms with Gasteiger partial charge in [-0.3, -0.25) is 9.59 Å². The minimum Gasteiger partial charge on any atom is -0.299 e. The van der Waals surface area contributed by atoms with Gasteiger partial charge in [0.1, 0.15) is 5.78 Å². The van der Waals surface area contributed by atoms with Gasteiger partial charge in [-0.05, 0) is 37.7 Å². The Bertz CT molecular complexity index is 427. The predicted octanol–water partition coefficient (Wildman–Crippen LogP) is 5.03. The van der Waals surface area contributed by atoms with Gasteiger partial charge in [-0.25, -0.2) is 0 Å². The average molecular weight is 290 g/mol. The maximum absolute atomic E-state index is 12.1. The smallest absolute Gasteiger partial charge is 0.158 e. The minimum absolute atomic E-state index is 0.0418. The molecular formula is C19H30O2. The van der Waals surface area contributed by atoms with Crippen LogP contribution in [0.5, 0.6) is 0 Å². The van der Waals surface area contributed by atoms with Crippen molar-refractivity contribution < 1.29 is 9.59 Å². The molecule has 1 aliphatic carbocycles. The molecule has 1 atom stereocenters. The molecule has 0 spiro atoms. The quantitative estimate of drug-likeness (QED) is 0.586. The van der Waals surface area contributed by atoms with Crippen molar-refractivity contribution >= 4 is 11.6 Å². The molecule has 0 saturated carbocycles. The molecule has 0 saturated heterocycles. The summed E-state index contributed by atoms with van der Waals surface area (Å²) in [6, 6.07) is 0. The molecule has 0 N–H and O–H groups in total. The topological polar surface area (TPSA) is 34.1 Å². The molecule has 0 aromatic heterocycles. The number of hydrogen-bond donors (Lipinski definition) is 0. The van der Waals surface area contributed by atoms with E-state index in [2.05, 4.69) is 19.9 Å². The normalized spacial score (nSPS) is 29.9. The number of carbonyl (C=O) groups excluding carboxylic acids is 2. The fourth-order valence-corrected chi connectivity index (χ4v) is 2.54. The number of rotatable bonds is 0. The Hall–Kier alpha value is -1.18. The molecule has 0 fully saturated rings. The van der Waals surface area contributed by atoms with Gasteiger partial charge in [0.05, 0.1) is 0 Å². The van der Waals surface area contributed by atoms with Gasteiger partial charge >= 0.3 is 0 Å². The molecule has 1 rings (SSSR count). The average Bonchev–Trinajstić information content (AvgIpc) is 2.41. The molecule has 1 aliphatic rings. The molecule has 2 nitrogen and oxygen atoms in total. The highest BCUT2D eigenvalue weighted by Gasteiger charge is 2.16. The number of ketones is 2. The Balaban J connectivity index is 2.81. The van der Waals surface area contributed by atoms with Crippen molar-refractivity contribution in [3.05, 3.63) is 23.8 Å². The van der Waals surface area contributed by atoms with Crippen LogP contribution in [-0.4, -0.2) is 11.6 Å². The second-order valence-electron chi connectivity index (χ2n) is 7.19. The standard InChI is InChI=1S/C19H30O2/c1-15-10-12-19(3,4)13-11-18(21)16(2)8-6-5-7-9-17(20)14-15/h10-11,13,16H,5-9,12,14H2,1-4H3/b13-11+,15-10+/t16-/m0/s1. The lowest BCUT2D eigenvalue weighted by Crippen LogP contribution is -2.11. The van der Waals surface area contributed by atoms with Crippen LogP contribution in [0.3, 0.4) is 0 Å². The molecule has 118 valence electrons. The zero-order chi connectivity index (χ0) is 15.9. The van der Waals surface area contributed by atoms with E-state index >= 15 is 0 Å². The third-order valence-corrected chi connectivity index (χ3v) is 4.23.